The zero-order valence-corrected chi connectivity index (χ0v) is 15.8. The number of pyridine rings is 1. The van der Waals surface area contributed by atoms with E-state index in [2.05, 4.69) is 12.1 Å². The van der Waals surface area contributed by atoms with Gasteiger partial charge in [-0.3, -0.25) is 4.79 Å². The zero-order valence-electron chi connectivity index (χ0n) is 15.8. The summed E-state index contributed by atoms with van der Waals surface area (Å²) in [5.41, 5.74) is 4.75. The third kappa shape index (κ3) is 2.34. The Balaban J connectivity index is 1.79. The third-order valence-electron chi connectivity index (χ3n) is 5.60. The highest BCUT2D eigenvalue weighted by Crippen LogP contribution is 2.37. The molecule has 1 amide bonds. The van der Waals surface area contributed by atoms with Crippen LogP contribution in [0.2, 0.25) is 0 Å². The Kier molecular flexibility index (Phi) is 3.72. The predicted octanol–water partition coefficient (Wildman–Crippen LogP) is 4.54. The number of carbonyl (C=O) groups excluding carboxylic acids is 1. The molecule has 0 saturated heterocycles. The van der Waals surface area contributed by atoms with E-state index in [1.165, 1.54) is 0 Å². The Bertz CT molecular complexity index is 1210. The van der Waals surface area contributed by atoms with Crippen LogP contribution in [0.3, 0.4) is 0 Å². The van der Waals surface area contributed by atoms with Gasteiger partial charge < -0.3 is 0 Å². The average Bonchev–Trinajstić information content (AvgIpc) is 2.95. The second kappa shape index (κ2) is 6.27. The van der Waals surface area contributed by atoms with Gasteiger partial charge in [0.25, 0.3) is 0 Å². The standard InChI is InChI=1S/C24H20N3O/c1-16-22(24(28)27(26(16)2)17-10-4-3-5-11-17)23-18-12-6-8-14-20(18)25-21-15-9-7-13-19(21)23/h3-15,22H,1-2H3/q+1. The molecule has 0 saturated carbocycles. The molecule has 2 heterocycles. The van der Waals surface area contributed by atoms with Crippen LogP contribution in [0.25, 0.3) is 21.8 Å². The quantitative estimate of drug-likeness (QED) is 0.386. The number of amides is 1. The monoisotopic (exact) mass is 366 g/mol. The lowest BCUT2D eigenvalue weighted by molar-refractivity contribution is -0.495. The Labute approximate surface area is 163 Å². The molecule has 1 aliphatic rings. The molecule has 1 unspecified atom stereocenters. The number of anilines is 1. The van der Waals surface area contributed by atoms with E-state index in [1.54, 1.807) is 5.01 Å². The fourth-order valence-electron chi connectivity index (χ4n) is 4.18. The van der Waals surface area contributed by atoms with Gasteiger partial charge in [-0.15, -0.1) is 4.68 Å². The zero-order chi connectivity index (χ0) is 19.3. The van der Waals surface area contributed by atoms with E-state index in [0.717, 1.165) is 38.8 Å². The van der Waals surface area contributed by atoms with E-state index < -0.39 is 0 Å². The number of aromatic nitrogens is 1. The lowest BCUT2D eigenvalue weighted by atomic mass is 9.88. The molecule has 4 heteroatoms. The summed E-state index contributed by atoms with van der Waals surface area (Å²) in [4.78, 5) is 18.5. The molecule has 136 valence electrons. The lowest BCUT2D eigenvalue weighted by Gasteiger charge is -2.15. The minimum atomic E-state index is -0.344. The van der Waals surface area contributed by atoms with E-state index in [9.17, 15) is 4.79 Å². The van der Waals surface area contributed by atoms with Gasteiger partial charge in [-0.2, -0.15) is 0 Å². The molecule has 0 fully saturated rings. The highest BCUT2D eigenvalue weighted by atomic mass is 16.2. The molecule has 0 bridgehead atoms. The number of hydrogen-bond acceptors (Lipinski definition) is 2. The van der Waals surface area contributed by atoms with Crippen molar-refractivity contribution in [3.05, 3.63) is 84.4 Å². The topological polar surface area (TPSA) is 36.2 Å². The summed E-state index contributed by atoms with van der Waals surface area (Å²) >= 11 is 0. The summed E-state index contributed by atoms with van der Waals surface area (Å²) in [6.07, 6.45) is 0. The number of rotatable bonds is 2. The van der Waals surface area contributed by atoms with Crippen LogP contribution >= 0.6 is 0 Å². The van der Waals surface area contributed by atoms with E-state index in [4.69, 9.17) is 4.98 Å². The number of benzene rings is 3. The van der Waals surface area contributed by atoms with Gasteiger partial charge in [0.2, 0.25) is 0 Å². The molecule has 0 spiro atoms. The van der Waals surface area contributed by atoms with Crippen molar-refractivity contribution in [2.45, 2.75) is 12.8 Å². The molecular formula is C24H20N3O+. The highest BCUT2D eigenvalue weighted by molar-refractivity contribution is 6.19. The van der Waals surface area contributed by atoms with Gasteiger partial charge >= 0.3 is 5.91 Å². The van der Waals surface area contributed by atoms with Crippen molar-refractivity contribution >= 4 is 39.1 Å². The van der Waals surface area contributed by atoms with Crippen LogP contribution in [-0.2, 0) is 4.79 Å². The van der Waals surface area contributed by atoms with Crippen molar-refractivity contribution in [1.82, 2.24) is 4.98 Å². The van der Waals surface area contributed by atoms with Crippen molar-refractivity contribution in [3.63, 3.8) is 0 Å². The van der Waals surface area contributed by atoms with Crippen LogP contribution in [0, 0.1) is 0 Å². The van der Waals surface area contributed by atoms with Crippen LogP contribution in [0.4, 0.5) is 5.69 Å². The van der Waals surface area contributed by atoms with E-state index in [0.29, 0.717) is 0 Å². The van der Waals surface area contributed by atoms with Gasteiger partial charge in [-0.05, 0) is 29.8 Å². The fourth-order valence-corrected chi connectivity index (χ4v) is 4.18. The van der Waals surface area contributed by atoms with Crippen LogP contribution < -0.4 is 5.01 Å². The minimum Gasteiger partial charge on any atom is -0.267 e. The van der Waals surface area contributed by atoms with Crippen molar-refractivity contribution in [2.24, 2.45) is 0 Å². The summed E-state index contributed by atoms with van der Waals surface area (Å²) in [6.45, 7) is 2.04. The Hall–Kier alpha value is -3.53. The molecule has 1 atom stereocenters. The molecule has 1 aliphatic heterocycles. The van der Waals surface area contributed by atoms with Gasteiger partial charge in [0.15, 0.2) is 18.7 Å². The van der Waals surface area contributed by atoms with Crippen molar-refractivity contribution in [1.29, 1.82) is 0 Å². The first-order chi connectivity index (χ1) is 13.7. The first kappa shape index (κ1) is 16.6. The fraction of sp³-hybridized carbons (Fsp3) is 0.125. The van der Waals surface area contributed by atoms with Gasteiger partial charge in [-0.1, -0.05) is 59.6 Å². The second-order valence-electron chi connectivity index (χ2n) is 7.14. The Morgan fingerprint density at radius 3 is 1.96 bits per heavy atom. The molecule has 0 N–H and O–H groups in total. The van der Waals surface area contributed by atoms with Gasteiger partial charge in [0, 0.05) is 17.7 Å². The molecule has 3 aromatic carbocycles. The summed E-state index contributed by atoms with van der Waals surface area (Å²) in [7, 11) is 1.95. The summed E-state index contributed by atoms with van der Waals surface area (Å²) in [5.74, 6) is -0.282. The van der Waals surface area contributed by atoms with Crippen molar-refractivity contribution in [2.75, 3.05) is 12.1 Å². The van der Waals surface area contributed by atoms with Crippen LogP contribution in [0.1, 0.15) is 18.4 Å². The molecule has 0 radical (unpaired) electrons. The maximum atomic E-state index is 13.7. The summed E-state index contributed by atoms with van der Waals surface area (Å²) in [6, 6.07) is 26.0. The third-order valence-corrected chi connectivity index (χ3v) is 5.60. The number of fused-ring (bicyclic) bond motifs is 2. The summed E-state index contributed by atoms with van der Waals surface area (Å²) in [5, 5.41) is 3.83. The van der Waals surface area contributed by atoms with Crippen LogP contribution in [0.5, 0.6) is 0 Å². The second-order valence-corrected chi connectivity index (χ2v) is 7.14. The van der Waals surface area contributed by atoms with Gasteiger partial charge in [-0.25, -0.2) is 4.98 Å². The molecule has 1 aromatic heterocycles. The molecule has 0 aliphatic carbocycles. The summed E-state index contributed by atoms with van der Waals surface area (Å²) < 4.78 is 1.96. The molecule has 5 rings (SSSR count). The predicted molar refractivity (Wildman–Crippen MR) is 113 cm³/mol. The number of hydrazine groups is 1. The Morgan fingerprint density at radius 1 is 0.821 bits per heavy atom. The lowest BCUT2D eigenvalue weighted by Crippen LogP contribution is -2.33. The van der Waals surface area contributed by atoms with E-state index in [1.807, 2.05) is 85.4 Å². The normalized spacial score (nSPS) is 17.1. The maximum absolute atomic E-state index is 13.7. The number of hydrazone groups is 1. The number of nitrogens with zero attached hydrogens (tertiary/aromatic N) is 3. The van der Waals surface area contributed by atoms with Crippen molar-refractivity contribution in [3.8, 4) is 0 Å². The first-order valence-electron chi connectivity index (χ1n) is 9.40. The van der Waals surface area contributed by atoms with E-state index >= 15 is 0 Å². The maximum Gasteiger partial charge on any atom is 0.301 e. The smallest absolute Gasteiger partial charge is 0.267 e. The first-order valence-corrected chi connectivity index (χ1v) is 9.40. The van der Waals surface area contributed by atoms with Gasteiger partial charge in [0.1, 0.15) is 5.69 Å². The largest absolute Gasteiger partial charge is 0.301 e. The SMILES string of the molecule is CC1=[N+](C)N(c2ccccc2)C(=O)C1c1c2ccccc2nc2ccccc12. The molecule has 28 heavy (non-hydrogen) atoms. The van der Waals surface area contributed by atoms with E-state index in [-0.39, 0.29) is 11.8 Å². The van der Waals surface area contributed by atoms with Crippen molar-refractivity contribution < 1.29 is 9.48 Å². The number of para-hydroxylation sites is 3. The van der Waals surface area contributed by atoms with Gasteiger partial charge in [0.05, 0.1) is 11.0 Å². The molecular weight excluding hydrogens is 346 g/mol. The number of carbonyl (C=O) groups is 1. The van der Waals surface area contributed by atoms with Crippen LogP contribution in [-0.4, -0.2) is 28.3 Å². The average molecular weight is 366 g/mol. The Morgan fingerprint density at radius 2 is 1.36 bits per heavy atom. The van der Waals surface area contributed by atoms with Crippen LogP contribution in [0.15, 0.2) is 78.9 Å². The molecule has 4 nitrogen and oxygen atoms in total. The molecule has 4 aromatic rings. The minimum absolute atomic E-state index is 0.0627. The number of hydrogen-bond donors (Lipinski definition) is 0. The highest BCUT2D eigenvalue weighted by Gasteiger charge is 2.46.